The van der Waals surface area contributed by atoms with Gasteiger partial charge in [-0.15, -0.1) is 0 Å². The van der Waals surface area contributed by atoms with Gasteiger partial charge in [-0.25, -0.2) is 4.79 Å². The number of aliphatic carboxylic acids is 1. The standard InChI is InChI=1S/C25H23NO6/c1-13-12-31-22-15(3)23-18(10-17(13)22)14(2)19(25(30)32-23)11-21(27)26-20(24(28)29)9-16-7-5-4-6-8-16/h4-8,10,12,20H,9,11H2,1-3H3,(H,26,27)(H,28,29)/p-1/t20-/m0/s1. The summed E-state index contributed by atoms with van der Waals surface area (Å²) in [5.74, 6) is -1.99. The van der Waals surface area contributed by atoms with E-state index in [2.05, 4.69) is 5.32 Å². The van der Waals surface area contributed by atoms with Crippen LogP contribution in [-0.4, -0.2) is 17.9 Å². The summed E-state index contributed by atoms with van der Waals surface area (Å²) in [7, 11) is 0. The Balaban J connectivity index is 1.65. The lowest BCUT2D eigenvalue weighted by molar-refractivity contribution is -0.308. The Morgan fingerprint density at radius 1 is 1.03 bits per heavy atom. The number of carbonyl (C=O) groups is 2. The number of amides is 1. The van der Waals surface area contributed by atoms with E-state index in [9.17, 15) is 19.5 Å². The largest absolute Gasteiger partial charge is 0.548 e. The molecule has 1 atom stereocenters. The molecule has 0 aliphatic heterocycles. The zero-order chi connectivity index (χ0) is 23.0. The summed E-state index contributed by atoms with van der Waals surface area (Å²) in [5, 5.41) is 15.6. The van der Waals surface area contributed by atoms with Gasteiger partial charge in [-0.2, -0.15) is 0 Å². The van der Waals surface area contributed by atoms with Crippen molar-refractivity contribution >= 4 is 33.8 Å². The smallest absolute Gasteiger partial charge is 0.340 e. The van der Waals surface area contributed by atoms with Crippen LogP contribution in [0.15, 0.2) is 56.3 Å². The molecule has 4 rings (SSSR count). The van der Waals surface area contributed by atoms with Gasteiger partial charge < -0.3 is 24.1 Å². The molecule has 0 spiro atoms. The first kappa shape index (κ1) is 21.4. The highest BCUT2D eigenvalue weighted by Gasteiger charge is 2.21. The zero-order valence-corrected chi connectivity index (χ0v) is 18.0. The van der Waals surface area contributed by atoms with E-state index in [1.807, 2.05) is 26.0 Å². The van der Waals surface area contributed by atoms with Crippen LogP contribution < -0.4 is 16.0 Å². The first-order valence-electron chi connectivity index (χ1n) is 10.2. The van der Waals surface area contributed by atoms with Crippen molar-refractivity contribution in [3.8, 4) is 0 Å². The molecule has 0 radical (unpaired) electrons. The molecule has 4 aromatic rings. The highest BCUT2D eigenvalue weighted by atomic mass is 16.4. The Hall–Kier alpha value is -3.87. The van der Waals surface area contributed by atoms with E-state index in [4.69, 9.17) is 8.83 Å². The van der Waals surface area contributed by atoms with Gasteiger partial charge in [0.2, 0.25) is 5.91 Å². The topological polar surface area (TPSA) is 113 Å². The molecule has 7 heteroatoms. The molecule has 0 aliphatic rings. The second kappa shape index (κ2) is 8.34. The number of rotatable bonds is 6. The van der Waals surface area contributed by atoms with Gasteiger partial charge in [0.05, 0.1) is 30.3 Å². The maximum Gasteiger partial charge on any atom is 0.340 e. The monoisotopic (exact) mass is 432 g/mol. The summed E-state index contributed by atoms with van der Waals surface area (Å²) in [6.07, 6.45) is 1.42. The summed E-state index contributed by atoms with van der Waals surface area (Å²) in [6.45, 7) is 5.49. The molecule has 0 aliphatic carbocycles. The van der Waals surface area contributed by atoms with Gasteiger partial charge >= 0.3 is 5.63 Å². The van der Waals surface area contributed by atoms with Crippen LogP contribution >= 0.6 is 0 Å². The van der Waals surface area contributed by atoms with Crippen molar-refractivity contribution in [2.24, 2.45) is 0 Å². The Morgan fingerprint density at radius 2 is 1.75 bits per heavy atom. The fourth-order valence-corrected chi connectivity index (χ4v) is 3.97. The van der Waals surface area contributed by atoms with Crippen molar-refractivity contribution in [3.63, 3.8) is 0 Å². The van der Waals surface area contributed by atoms with Gasteiger partial charge in [0.25, 0.3) is 0 Å². The highest BCUT2D eigenvalue weighted by molar-refractivity contribution is 6.00. The van der Waals surface area contributed by atoms with Crippen molar-refractivity contribution in [2.75, 3.05) is 0 Å². The van der Waals surface area contributed by atoms with Crippen LogP contribution in [0.5, 0.6) is 0 Å². The zero-order valence-electron chi connectivity index (χ0n) is 18.0. The quantitative estimate of drug-likeness (QED) is 0.469. The Bertz CT molecular complexity index is 1400. The summed E-state index contributed by atoms with van der Waals surface area (Å²) in [5.41, 5.74) is 3.64. The van der Waals surface area contributed by atoms with Gasteiger partial charge in [-0.3, -0.25) is 4.79 Å². The number of nitrogens with one attached hydrogen (secondary N) is 1. The highest BCUT2D eigenvalue weighted by Crippen LogP contribution is 2.32. The third kappa shape index (κ3) is 3.89. The Morgan fingerprint density at radius 3 is 2.44 bits per heavy atom. The molecular formula is C25H22NO6-. The van der Waals surface area contributed by atoms with E-state index in [0.717, 1.165) is 16.5 Å². The van der Waals surface area contributed by atoms with Gasteiger partial charge in [-0.05, 0) is 49.9 Å². The second-order valence-corrected chi connectivity index (χ2v) is 7.97. The molecule has 0 saturated carbocycles. The van der Waals surface area contributed by atoms with Crippen molar-refractivity contribution in [1.82, 2.24) is 5.32 Å². The third-order valence-corrected chi connectivity index (χ3v) is 5.78. The van der Waals surface area contributed by atoms with Gasteiger partial charge in [0.15, 0.2) is 0 Å². The molecule has 2 aromatic carbocycles. The first-order valence-corrected chi connectivity index (χ1v) is 10.2. The predicted molar refractivity (Wildman–Crippen MR) is 117 cm³/mol. The van der Waals surface area contributed by atoms with Gasteiger partial charge in [-0.1, -0.05) is 30.3 Å². The summed E-state index contributed by atoms with van der Waals surface area (Å²) >= 11 is 0. The van der Waals surface area contributed by atoms with E-state index < -0.39 is 23.5 Å². The summed E-state index contributed by atoms with van der Waals surface area (Å²) in [6, 6.07) is 9.60. The normalized spacial score (nSPS) is 12.2. The van der Waals surface area contributed by atoms with Crippen LogP contribution in [0.1, 0.15) is 27.8 Å². The molecule has 32 heavy (non-hydrogen) atoms. The molecular weight excluding hydrogens is 410 g/mol. The number of fused-ring (bicyclic) bond motifs is 2. The number of hydrogen-bond acceptors (Lipinski definition) is 6. The average molecular weight is 432 g/mol. The Kier molecular flexibility index (Phi) is 5.57. The summed E-state index contributed by atoms with van der Waals surface area (Å²) in [4.78, 5) is 36.9. The van der Waals surface area contributed by atoms with Crippen molar-refractivity contribution in [3.05, 3.63) is 80.9 Å². The van der Waals surface area contributed by atoms with Crippen molar-refractivity contribution < 1.29 is 23.5 Å². The van der Waals surface area contributed by atoms with Crippen molar-refractivity contribution in [2.45, 2.75) is 39.7 Å². The number of benzene rings is 2. The molecule has 1 N–H and O–H groups in total. The van der Waals surface area contributed by atoms with E-state index in [1.165, 1.54) is 0 Å². The second-order valence-electron chi connectivity index (χ2n) is 7.97. The minimum atomic E-state index is -1.39. The molecule has 2 heterocycles. The van der Waals surface area contributed by atoms with Crippen molar-refractivity contribution in [1.29, 1.82) is 0 Å². The molecule has 0 bridgehead atoms. The molecule has 1 amide bonds. The number of carboxylic acids is 1. The number of furan rings is 1. The maximum atomic E-state index is 12.7. The molecule has 164 valence electrons. The fourth-order valence-electron chi connectivity index (χ4n) is 3.97. The van der Waals surface area contributed by atoms with Crippen LogP contribution in [0.4, 0.5) is 0 Å². The average Bonchev–Trinajstić information content (AvgIpc) is 3.13. The number of hydrogen-bond donors (Lipinski definition) is 1. The molecule has 7 nitrogen and oxygen atoms in total. The Labute approximate surface area is 183 Å². The van der Waals surface area contributed by atoms with E-state index >= 15 is 0 Å². The van der Waals surface area contributed by atoms with Gasteiger partial charge in [0, 0.05) is 16.3 Å². The van der Waals surface area contributed by atoms with Gasteiger partial charge in [0.1, 0.15) is 11.2 Å². The van der Waals surface area contributed by atoms with Crippen LogP contribution in [-0.2, 0) is 22.4 Å². The molecule has 2 aromatic heterocycles. The maximum absolute atomic E-state index is 12.7. The van der Waals surface area contributed by atoms with E-state index in [1.54, 1.807) is 37.5 Å². The number of carboxylic acid groups (broad SMARTS) is 1. The molecule has 0 saturated heterocycles. The third-order valence-electron chi connectivity index (χ3n) is 5.78. The molecule has 0 unspecified atom stereocenters. The predicted octanol–water partition coefficient (Wildman–Crippen LogP) is 2.48. The van der Waals surface area contributed by atoms with Crippen LogP contribution in [0.3, 0.4) is 0 Å². The fraction of sp³-hybridized carbons (Fsp3) is 0.240. The van der Waals surface area contributed by atoms with Crippen LogP contribution in [0, 0.1) is 20.8 Å². The van der Waals surface area contributed by atoms with E-state index in [0.29, 0.717) is 27.7 Å². The minimum Gasteiger partial charge on any atom is -0.548 e. The lowest BCUT2D eigenvalue weighted by Crippen LogP contribution is -2.49. The first-order chi connectivity index (χ1) is 15.3. The lowest BCUT2D eigenvalue weighted by Gasteiger charge is -2.20. The number of aryl methyl sites for hydroxylation is 3. The van der Waals surface area contributed by atoms with E-state index in [-0.39, 0.29) is 18.4 Å². The molecule has 0 fully saturated rings. The number of carbonyl (C=O) groups excluding carboxylic acids is 2. The minimum absolute atomic E-state index is 0.0805. The van der Waals surface area contributed by atoms with Crippen LogP contribution in [0.2, 0.25) is 0 Å². The van der Waals surface area contributed by atoms with Crippen LogP contribution in [0.25, 0.3) is 21.9 Å². The SMILES string of the molecule is Cc1coc2c(C)c3oc(=O)c(CC(=O)N[C@@H](Cc4ccccc4)C(=O)[O-])c(C)c3cc12. The lowest BCUT2D eigenvalue weighted by atomic mass is 9.99. The summed E-state index contributed by atoms with van der Waals surface area (Å²) < 4.78 is 11.1.